The van der Waals surface area contributed by atoms with Crippen molar-refractivity contribution in [3.63, 3.8) is 0 Å². The number of likely N-dealkylation sites (N-methyl/N-ethyl adjacent to an activating group) is 1. The van der Waals surface area contributed by atoms with Crippen molar-refractivity contribution in [2.24, 2.45) is 11.1 Å². The lowest BCUT2D eigenvalue weighted by atomic mass is 9.96. The van der Waals surface area contributed by atoms with Crippen molar-refractivity contribution in [1.29, 1.82) is 0 Å². The molecular weight excluding hydrogens is 262 g/mol. The summed E-state index contributed by atoms with van der Waals surface area (Å²) in [6, 6.07) is 1.41. The van der Waals surface area contributed by atoms with Crippen LogP contribution in [-0.4, -0.2) is 64.7 Å². The van der Waals surface area contributed by atoms with Crippen molar-refractivity contribution in [3.8, 4) is 0 Å². The molecule has 0 bridgehead atoms. The van der Waals surface area contributed by atoms with Gasteiger partial charge in [-0.25, -0.2) is 0 Å². The summed E-state index contributed by atoms with van der Waals surface area (Å²) in [6.45, 7) is 18.3. The highest BCUT2D eigenvalue weighted by Crippen LogP contribution is 2.28. The monoisotopic (exact) mass is 303 g/mol. The fraction of sp³-hybridized carbons (Fsp3) is 1.00. The SMILES string of the molecule is CN(C)CC(C)(C)C[Si](C)(C)C.CN(C)CC(C)(C)N. The van der Waals surface area contributed by atoms with E-state index in [0.29, 0.717) is 5.41 Å². The largest absolute Gasteiger partial charge is 0.324 e. The average molecular weight is 304 g/mol. The molecule has 0 unspecified atom stereocenters. The van der Waals surface area contributed by atoms with E-state index in [2.05, 4.69) is 57.4 Å². The van der Waals surface area contributed by atoms with Gasteiger partial charge in [-0.2, -0.15) is 0 Å². The normalized spacial score (nSPS) is 13.5. The van der Waals surface area contributed by atoms with Crippen LogP contribution in [0.15, 0.2) is 0 Å². The van der Waals surface area contributed by atoms with Crippen LogP contribution in [0, 0.1) is 5.41 Å². The van der Waals surface area contributed by atoms with E-state index in [0.717, 1.165) is 6.54 Å². The molecule has 0 rings (SSSR count). The first-order valence-electron chi connectivity index (χ1n) is 7.62. The van der Waals surface area contributed by atoms with Crippen molar-refractivity contribution in [2.75, 3.05) is 41.3 Å². The van der Waals surface area contributed by atoms with Crippen molar-refractivity contribution in [1.82, 2.24) is 9.80 Å². The van der Waals surface area contributed by atoms with Crippen LogP contribution in [-0.2, 0) is 0 Å². The van der Waals surface area contributed by atoms with Crippen LogP contribution in [0.1, 0.15) is 27.7 Å². The second kappa shape index (κ2) is 8.52. The van der Waals surface area contributed by atoms with Crippen LogP contribution in [0.2, 0.25) is 25.7 Å². The molecule has 0 aliphatic carbocycles. The molecule has 4 heteroatoms. The summed E-state index contributed by atoms with van der Waals surface area (Å²) in [5.74, 6) is 0. The first-order chi connectivity index (χ1) is 8.54. The van der Waals surface area contributed by atoms with Crippen LogP contribution < -0.4 is 5.73 Å². The van der Waals surface area contributed by atoms with E-state index < -0.39 is 8.07 Å². The maximum atomic E-state index is 5.69. The van der Waals surface area contributed by atoms with Gasteiger partial charge in [-0.05, 0) is 47.5 Å². The van der Waals surface area contributed by atoms with E-state index in [-0.39, 0.29) is 5.54 Å². The van der Waals surface area contributed by atoms with Gasteiger partial charge in [0.15, 0.2) is 0 Å². The van der Waals surface area contributed by atoms with Crippen LogP contribution in [0.3, 0.4) is 0 Å². The summed E-state index contributed by atoms with van der Waals surface area (Å²) in [5, 5.41) is 0. The van der Waals surface area contributed by atoms with Gasteiger partial charge in [0.25, 0.3) is 0 Å². The lowest BCUT2D eigenvalue weighted by Gasteiger charge is -2.33. The topological polar surface area (TPSA) is 32.5 Å². The van der Waals surface area contributed by atoms with Crippen LogP contribution in [0.4, 0.5) is 0 Å². The highest BCUT2D eigenvalue weighted by atomic mass is 28.3. The van der Waals surface area contributed by atoms with E-state index in [1.807, 2.05) is 27.9 Å². The Morgan fingerprint density at radius 2 is 1.15 bits per heavy atom. The predicted molar refractivity (Wildman–Crippen MR) is 97.3 cm³/mol. The molecule has 0 aliphatic rings. The zero-order chi connectivity index (χ0) is 16.8. The first-order valence-corrected chi connectivity index (χ1v) is 11.3. The molecule has 2 N–H and O–H groups in total. The van der Waals surface area contributed by atoms with Crippen LogP contribution in [0.5, 0.6) is 0 Å². The molecule has 0 saturated heterocycles. The van der Waals surface area contributed by atoms with Gasteiger partial charge < -0.3 is 15.5 Å². The van der Waals surface area contributed by atoms with Gasteiger partial charge in [0.2, 0.25) is 0 Å². The molecule has 0 saturated carbocycles. The van der Waals surface area contributed by atoms with Gasteiger partial charge >= 0.3 is 0 Å². The van der Waals surface area contributed by atoms with Crippen molar-refractivity contribution < 1.29 is 0 Å². The molecule has 0 aromatic rings. The second-order valence-corrected chi connectivity index (χ2v) is 14.8. The van der Waals surface area contributed by atoms with E-state index in [4.69, 9.17) is 5.73 Å². The maximum Gasteiger partial charge on any atom is 0.0448 e. The quantitative estimate of drug-likeness (QED) is 0.765. The molecule has 3 nitrogen and oxygen atoms in total. The average Bonchev–Trinajstić information content (AvgIpc) is 1.88. The Labute approximate surface area is 129 Å². The molecule has 0 amide bonds. The van der Waals surface area contributed by atoms with Gasteiger partial charge in [-0.1, -0.05) is 39.5 Å². The Balaban J connectivity index is 0. The molecular formula is C16H41N3Si. The number of nitrogens with zero attached hydrogens (tertiary/aromatic N) is 2. The third-order valence-electron chi connectivity index (χ3n) is 2.48. The minimum Gasteiger partial charge on any atom is -0.324 e. The zero-order valence-corrected chi connectivity index (χ0v) is 17.1. The fourth-order valence-corrected chi connectivity index (χ4v) is 6.15. The van der Waals surface area contributed by atoms with E-state index in [1.54, 1.807) is 0 Å². The van der Waals surface area contributed by atoms with E-state index in [1.165, 1.54) is 12.6 Å². The molecule has 0 aromatic carbocycles. The number of rotatable bonds is 6. The summed E-state index contributed by atoms with van der Waals surface area (Å²) in [5.41, 5.74) is 6.14. The zero-order valence-electron chi connectivity index (χ0n) is 16.1. The minimum atomic E-state index is -0.886. The Morgan fingerprint density at radius 1 is 0.800 bits per heavy atom. The molecule has 0 aromatic heterocycles. The summed E-state index contributed by atoms with van der Waals surface area (Å²) in [4.78, 5) is 4.38. The smallest absolute Gasteiger partial charge is 0.0448 e. The molecule has 0 fully saturated rings. The second-order valence-electron chi connectivity index (χ2n) is 9.37. The molecule has 124 valence electrons. The Kier molecular flexibility index (Phi) is 9.53. The standard InChI is InChI=1S/C10H25NSi.C6H16N2/c1-10(2,8-11(3)4)9-12(5,6)7;1-6(2,7)5-8(3)4/h8-9H2,1-7H3;5,7H2,1-4H3. The third-order valence-corrected chi connectivity index (χ3v) is 4.49. The minimum absolute atomic E-state index is 0.0521. The van der Waals surface area contributed by atoms with Gasteiger partial charge in [-0.3, -0.25) is 0 Å². The Morgan fingerprint density at radius 3 is 1.30 bits per heavy atom. The Bertz CT molecular complexity index is 247. The van der Waals surface area contributed by atoms with Crippen molar-refractivity contribution in [3.05, 3.63) is 0 Å². The summed E-state index contributed by atoms with van der Waals surface area (Å²) in [6.07, 6.45) is 0. The predicted octanol–water partition coefficient (Wildman–Crippen LogP) is 3.20. The van der Waals surface area contributed by atoms with Crippen molar-refractivity contribution >= 4 is 8.07 Å². The molecule has 0 radical (unpaired) electrons. The lowest BCUT2D eigenvalue weighted by molar-refractivity contribution is 0.261. The molecule has 0 heterocycles. The molecule has 0 atom stereocenters. The number of hydrogen-bond acceptors (Lipinski definition) is 3. The highest BCUT2D eigenvalue weighted by Gasteiger charge is 2.26. The van der Waals surface area contributed by atoms with Gasteiger partial charge in [0, 0.05) is 26.7 Å². The van der Waals surface area contributed by atoms with Gasteiger partial charge in [0.1, 0.15) is 0 Å². The fourth-order valence-electron chi connectivity index (χ4n) is 3.16. The van der Waals surface area contributed by atoms with Gasteiger partial charge in [-0.15, -0.1) is 0 Å². The van der Waals surface area contributed by atoms with Gasteiger partial charge in [0.05, 0.1) is 0 Å². The highest BCUT2D eigenvalue weighted by molar-refractivity contribution is 6.76. The van der Waals surface area contributed by atoms with Crippen LogP contribution in [0.25, 0.3) is 0 Å². The first kappa shape index (κ1) is 22.4. The third kappa shape index (κ3) is 20.4. The van der Waals surface area contributed by atoms with Crippen LogP contribution >= 0.6 is 0 Å². The number of nitrogens with two attached hydrogens (primary N) is 1. The van der Waals surface area contributed by atoms with E-state index in [9.17, 15) is 0 Å². The molecule has 0 spiro atoms. The molecule has 0 aliphatic heterocycles. The molecule has 20 heavy (non-hydrogen) atoms. The summed E-state index contributed by atoms with van der Waals surface area (Å²) < 4.78 is 0. The summed E-state index contributed by atoms with van der Waals surface area (Å²) in [7, 11) is 7.48. The van der Waals surface area contributed by atoms with E-state index >= 15 is 0 Å². The number of hydrogen-bond donors (Lipinski definition) is 1. The summed E-state index contributed by atoms with van der Waals surface area (Å²) >= 11 is 0. The Hall–Kier alpha value is 0.0969. The maximum absolute atomic E-state index is 5.69. The lowest BCUT2D eigenvalue weighted by Crippen LogP contribution is -2.42. The van der Waals surface area contributed by atoms with Crippen molar-refractivity contribution in [2.45, 2.75) is 58.9 Å².